The van der Waals surface area contributed by atoms with E-state index in [4.69, 9.17) is 9.84 Å². The molecule has 2 amide bonds. The molecule has 1 saturated heterocycles. The number of nitrogens with zero attached hydrogens (tertiary/aromatic N) is 3. The normalized spacial score (nSPS) is 15.6. The van der Waals surface area contributed by atoms with Crippen molar-refractivity contribution in [1.82, 2.24) is 20.0 Å². The fourth-order valence-electron chi connectivity index (χ4n) is 5.00. The lowest BCUT2D eigenvalue weighted by Gasteiger charge is -2.40. The summed E-state index contributed by atoms with van der Waals surface area (Å²) in [5.41, 5.74) is 4.99. The third kappa shape index (κ3) is 4.37. The average Bonchev–Trinajstić information content (AvgIpc) is 3.38. The number of carboxylic acids is 1. The van der Waals surface area contributed by atoms with Gasteiger partial charge in [-0.2, -0.15) is 5.10 Å². The smallest absolute Gasteiger partial charge is 0.408 e. The van der Waals surface area contributed by atoms with E-state index in [2.05, 4.69) is 22.5 Å². The van der Waals surface area contributed by atoms with Crippen molar-refractivity contribution in [2.45, 2.75) is 18.4 Å². The second-order valence-electron chi connectivity index (χ2n) is 8.99. The second-order valence-corrected chi connectivity index (χ2v) is 8.99. The van der Waals surface area contributed by atoms with Crippen LogP contribution in [0, 0.1) is 5.92 Å². The molecule has 0 saturated carbocycles. The minimum absolute atomic E-state index is 0.0139. The van der Waals surface area contributed by atoms with E-state index in [1.54, 1.807) is 24.2 Å². The number of hydrogen-bond acceptors (Lipinski definition) is 5. The standard InChI is InChI=1S/C26H26N4O5/c1-29-22(10-11-27-29)24(25(33)30-13-16(14-30)12-23(31)32)28-26(34)35-15-21-19-8-4-2-6-17(19)18-7-3-5-9-20(18)21/h2-11,16,21,24H,12-15H2,1H3,(H,28,34)(H,31,32). The minimum atomic E-state index is -0.982. The summed E-state index contributed by atoms with van der Waals surface area (Å²) in [6.07, 6.45) is 0.868. The molecule has 1 atom stereocenters. The summed E-state index contributed by atoms with van der Waals surface area (Å²) in [5, 5.41) is 15.8. The Morgan fingerprint density at radius 1 is 1.06 bits per heavy atom. The number of fused-ring (bicyclic) bond motifs is 3. The summed E-state index contributed by atoms with van der Waals surface area (Å²) in [7, 11) is 1.69. The van der Waals surface area contributed by atoms with Gasteiger partial charge in [-0.3, -0.25) is 14.3 Å². The molecule has 0 radical (unpaired) electrons. The number of carbonyl (C=O) groups excluding carboxylic acids is 2. The molecule has 0 spiro atoms. The first-order chi connectivity index (χ1) is 16.9. The Kier molecular flexibility index (Phi) is 5.98. The van der Waals surface area contributed by atoms with Crippen molar-refractivity contribution in [1.29, 1.82) is 0 Å². The average molecular weight is 475 g/mol. The van der Waals surface area contributed by atoms with Crippen LogP contribution in [0.4, 0.5) is 4.79 Å². The van der Waals surface area contributed by atoms with Crippen LogP contribution in [0.25, 0.3) is 11.1 Å². The zero-order chi connectivity index (χ0) is 24.5. The Labute approximate surface area is 202 Å². The number of carbonyl (C=O) groups is 3. The largest absolute Gasteiger partial charge is 0.481 e. The summed E-state index contributed by atoms with van der Waals surface area (Å²) >= 11 is 0. The molecule has 2 aromatic carbocycles. The van der Waals surface area contributed by atoms with Crippen molar-refractivity contribution < 1.29 is 24.2 Å². The highest BCUT2D eigenvalue weighted by molar-refractivity contribution is 5.87. The first kappa shape index (κ1) is 22.6. The Morgan fingerprint density at radius 3 is 2.26 bits per heavy atom. The number of rotatable bonds is 7. The quantitative estimate of drug-likeness (QED) is 0.544. The van der Waals surface area contributed by atoms with Gasteiger partial charge in [0.2, 0.25) is 0 Å². The van der Waals surface area contributed by atoms with Gasteiger partial charge >= 0.3 is 12.1 Å². The van der Waals surface area contributed by atoms with Crippen LogP contribution in [-0.2, 0) is 21.4 Å². The lowest BCUT2D eigenvalue weighted by molar-refractivity contribution is -0.146. The summed E-state index contributed by atoms with van der Waals surface area (Å²) < 4.78 is 7.16. The van der Waals surface area contributed by atoms with E-state index < -0.39 is 18.1 Å². The van der Waals surface area contributed by atoms with Gasteiger partial charge in [0.1, 0.15) is 6.61 Å². The lowest BCUT2D eigenvalue weighted by Crippen LogP contribution is -2.54. The van der Waals surface area contributed by atoms with Crippen molar-refractivity contribution in [3.05, 3.63) is 77.6 Å². The molecule has 1 unspecified atom stereocenters. The first-order valence-corrected chi connectivity index (χ1v) is 11.5. The van der Waals surface area contributed by atoms with E-state index in [1.807, 2.05) is 36.4 Å². The Hall–Kier alpha value is -4.14. The number of amides is 2. The highest BCUT2D eigenvalue weighted by Crippen LogP contribution is 2.44. The van der Waals surface area contributed by atoms with E-state index >= 15 is 0 Å². The molecule has 35 heavy (non-hydrogen) atoms. The van der Waals surface area contributed by atoms with Gasteiger partial charge in [-0.05, 0) is 28.3 Å². The maximum atomic E-state index is 13.2. The summed E-state index contributed by atoms with van der Waals surface area (Å²) in [6.45, 7) is 0.814. The van der Waals surface area contributed by atoms with Gasteiger partial charge in [-0.15, -0.1) is 0 Å². The highest BCUT2D eigenvalue weighted by Gasteiger charge is 2.38. The Bertz CT molecular complexity index is 1230. The van der Waals surface area contributed by atoms with E-state index in [0.717, 1.165) is 22.3 Å². The molecule has 2 N–H and O–H groups in total. The maximum absolute atomic E-state index is 13.2. The number of aryl methyl sites for hydroxylation is 1. The van der Waals surface area contributed by atoms with E-state index in [0.29, 0.717) is 18.8 Å². The number of hydrogen-bond donors (Lipinski definition) is 2. The number of carboxylic acid groups (broad SMARTS) is 1. The molecule has 1 aromatic heterocycles. The number of aromatic nitrogens is 2. The zero-order valence-electron chi connectivity index (χ0n) is 19.3. The fourth-order valence-corrected chi connectivity index (χ4v) is 5.00. The molecule has 1 fully saturated rings. The number of aliphatic carboxylic acids is 1. The molecule has 9 nitrogen and oxygen atoms in total. The molecular weight excluding hydrogens is 448 g/mol. The highest BCUT2D eigenvalue weighted by atomic mass is 16.5. The molecule has 180 valence electrons. The molecule has 2 heterocycles. The zero-order valence-corrected chi connectivity index (χ0v) is 19.3. The van der Waals surface area contributed by atoms with Gasteiger partial charge in [0, 0.05) is 38.2 Å². The molecule has 3 aromatic rings. The third-order valence-corrected chi connectivity index (χ3v) is 6.74. The maximum Gasteiger partial charge on any atom is 0.408 e. The second kappa shape index (κ2) is 9.25. The topological polar surface area (TPSA) is 114 Å². The van der Waals surface area contributed by atoms with Crippen molar-refractivity contribution in [3.63, 3.8) is 0 Å². The molecule has 9 heteroatoms. The summed E-state index contributed by atoms with van der Waals surface area (Å²) in [4.78, 5) is 38.6. The van der Waals surface area contributed by atoms with Crippen LogP contribution in [0.5, 0.6) is 0 Å². The molecule has 1 aliphatic carbocycles. The lowest BCUT2D eigenvalue weighted by atomic mass is 9.95. The number of alkyl carbamates (subject to hydrolysis) is 1. The minimum Gasteiger partial charge on any atom is -0.481 e. The van der Waals surface area contributed by atoms with Crippen molar-refractivity contribution in [2.24, 2.45) is 13.0 Å². The molecule has 1 aliphatic heterocycles. The molecule has 0 bridgehead atoms. The number of benzene rings is 2. The van der Waals surface area contributed by atoms with Gasteiger partial charge in [0.15, 0.2) is 6.04 Å². The van der Waals surface area contributed by atoms with E-state index in [-0.39, 0.29) is 30.8 Å². The first-order valence-electron chi connectivity index (χ1n) is 11.5. The van der Waals surface area contributed by atoms with Crippen LogP contribution < -0.4 is 5.32 Å². The van der Waals surface area contributed by atoms with Crippen LogP contribution >= 0.6 is 0 Å². The number of nitrogens with one attached hydrogen (secondary N) is 1. The van der Waals surface area contributed by atoms with Crippen LogP contribution in [0.1, 0.15) is 35.2 Å². The van der Waals surface area contributed by atoms with Gasteiger partial charge in [-0.25, -0.2) is 4.79 Å². The molecular formula is C26H26N4O5. The monoisotopic (exact) mass is 474 g/mol. The molecule has 5 rings (SSSR count). The van der Waals surface area contributed by atoms with Gasteiger partial charge in [-0.1, -0.05) is 48.5 Å². The predicted octanol–water partition coefficient (Wildman–Crippen LogP) is 2.93. The van der Waals surface area contributed by atoms with Crippen LogP contribution in [0.2, 0.25) is 0 Å². The number of likely N-dealkylation sites (tertiary alicyclic amines) is 1. The SMILES string of the molecule is Cn1nccc1C(NC(=O)OCC1c2ccccc2-c2ccccc21)C(=O)N1CC(CC(=O)O)C1. The Balaban J connectivity index is 1.28. The predicted molar refractivity (Wildman–Crippen MR) is 126 cm³/mol. The van der Waals surface area contributed by atoms with E-state index in [9.17, 15) is 14.4 Å². The van der Waals surface area contributed by atoms with E-state index in [1.165, 1.54) is 4.68 Å². The summed E-state index contributed by atoms with van der Waals surface area (Å²) in [5.74, 6) is -1.38. The number of ether oxygens (including phenoxy) is 1. The summed E-state index contributed by atoms with van der Waals surface area (Å²) in [6, 6.07) is 16.8. The third-order valence-electron chi connectivity index (χ3n) is 6.74. The van der Waals surface area contributed by atoms with Crippen molar-refractivity contribution in [3.8, 4) is 11.1 Å². The van der Waals surface area contributed by atoms with Crippen LogP contribution in [-0.4, -0.2) is 57.5 Å². The van der Waals surface area contributed by atoms with Gasteiger partial charge in [0.05, 0.1) is 12.1 Å². The van der Waals surface area contributed by atoms with Crippen molar-refractivity contribution in [2.75, 3.05) is 19.7 Å². The Morgan fingerprint density at radius 2 is 1.69 bits per heavy atom. The van der Waals surface area contributed by atoms with Crippen molar-refractivity contribution >= 4 is 18.0 Å². The van der Waals surface area contributed by atoms with Crippen LogP contribution in [0.3, 0.4) is 0 Å². The van der Waals surface area contributed by atoms with Crippen LogP contribution in [0.15, 0.2) is 60.8 Å². The fraction of sp³-hybridized carbons (Fsp3) is 0.308. The van der Waals surface area contributed by atoms with Gasteiger partial charge in [0.25, 0.3) is 5.91 Å². The van der Waals surface area contributed by atoms with Gasteiger partial charge < -0.3 is 20.1 Å². The molecule has 2 aliphatic rings.